The average Bonchev–Trinajstić information content (AvgIpc) is 2.43. The van der Waals surface area contributed by atoms with E-state index in [1.54, 1.807) is 26.0 Å². The smallest absolute Gasteiger partial charge is 0.161 e. The number of nitrogens with zero attached hydrogens (tertiary/aromatic N) is 2. The van der Waals surface area contributed by atoms with Gasteiger partial charge in [-0.05, 0) is 49.7 Å². The summed E-state index contributed by atoms with van der Waals surface area (Å²) in [7, 11) is 0. The summed E-state index contributed by atoms with van der Waals surface area (Å²) < 4.78 is 26.9. The maximum Gasteiger partial charge on any atom is 0.161 e. The van der Waals surface area contributed by atoms with Gasteiger partial charge in [0.25, 0.3) is 0 Å². The zero-order valence-electron chi connectivity index (χ0n) is 11.4. The van der Waals surface area contributed by atoms with Gasteiger partial charge in [-0.1, -0.05) is 11.6 Å². The molecule has 1 aromatic heterocycles. The van der Waals surface area contributed by atoms with Crippen molar-refractivity contribution in [1.29, 1.82) is 0 Å². The van der Waals surface area contributed by atoms with Gasteiger partial charge in [0, 0.05) is 16.5 Å². The van der Waals surface area contributed by atoms with Crippen molar-refractivity contribution in [2.24, 2.45) is 0 Å². The summed E-state index contributed by atoms with van der Waals surface area (Å²) in [5.41, 5.74) is 2.25. The third-order valence-corrected chi connectivity index (χ3v) is 3.73. The summed E-state index contributed by atoms with van der Waals surface area (Å²) >= 11 is 6.17. The van der Waals surface area contributed by atoms with Crippen LogP contribution in [-0.4, -0.2) is 9.97 Å². The fraction of sp³-hybridized carbons (Fsp3) is 0.125. The van der Waals surface area contributed by atoms with Crippen molar-refractivity contribution >= 4 is 22.5 Å². The molecule has 21 heavy (non-hydrogen) atoms. The fourth-order valence-electron chi connectivity index (χ4n) is 2.27. The van der Waals surface area contributed by atoms with Crippen LogP contribution in [0.5, 0.6) is 0 Å². The fourth-order valence-corrected chi connectivity index (χ4v) is 2.50. The standard InChI is InChI=1S/C16H11ClF2N2/c1-8-7-10(18)3-4-11(8)16-20-14-9(2)13(19)6-5-12(14)15(17)21-16/h3-7H,1-2H3. The lowest BCUT2D eigenvalue weighted by Crippen LogP contribution is -1.97. The molecule has 0 spiro atoms. The quantitative estimate of drug-likeness (QED) is 0.601. The Kier molecular flexibility index (Phi) is 3.33. The van der Waals surface area contributed by atoms with Crippen LogP contribution in [0.25, 0.3) is 22.3 Å². The maximum absolute atomic E-state index is 13.7. The lowest BCUT2D eigenvalue weighted by atomic mass is 10.1. The van der Waals surface area contributed by atoms with E-state index < -0.39 is 0 Å². The molecule has 106 valence electrons. The number of hydrogen-bond acceptors (Lipinski definition) is 2. The molecule has 0 aliphatic carbocycles. The molecule has 2 aromatic carbocycles. The lowest BCUT2D eigenvalue weighted by molar-refractivity contribution is 0.620. The first kappa shape index (κ1) is 13.9. The number of aromatic nitrogens is 2. The van der Waals surface area contributed by atoms with E-state index in [9.17, 15) is 8.78 Å². The molecule has 3 aromatic rings. The highest BCUT2D eigenvalue weighted by molar-refractivity contribution is 6.34. The monoisotopic (exact) mass is 304 g/mol. The Morgan fingerprint density at radius 3 is 2.48 bits per heavy atom. The van der Waals surface area contributed by atoms with Crippen molar-refractivity contribution in [2.45, 2.75) is 13.8 Å². The highest BCUT2D eigenvalue weighted by Gasteiger charge is 2.13. The highest BCUT2D eigenvalue weighted by atomic mass is 35.5. The third kappa shape index (κ3) is 2.36. The molecular formula is C16H11ClF2N2. The summed E-state index contributed by atoms with van der Waals surface area (Å²) in [4.78, 5) is 8.64. The van der Waals surface area contributed by atoms with Crippen molar-refractivity contribution in [1.82, 2.24) is 9.97 Å². The van der Waals surface area contributed by atoms with Crippen LogP contribution in [0, 0.1) is 25.5 Å². The minimum atomic E-state index is -0.348. The molecule has 0 N–H and O–H groups in total. The number of aryl methyl sites for hydroxylation is 2. The summed E-state index contributed by atoms with van der Waals surface area (Å²) in [5, 5.41) is 0.848. The number of rotatable bonds is 1. The Morgan fingerprint density at radius 1 is 1.00 bits per heavy atom. The largest absolute Gasteiger partial charge is 0.227 e. The Bertz CT molecular complexity index is 863. The van der Waals surface area contributed by atoms with Gasteiger partial charge < -0.3 is 0 Å². The van der Waals surface area contributed by atoms with E-state index in [0.717, 1.165) is 0 Å². The Hall–Kier alpha value is -2.07. The first-order chi connectivity index (χ1) is 9.97. The molecule has 2 nitrogen and oxygen atoms in total. The third-order valence-electron chi connectivity index (χ3n) is 3.44. The molecule has 0 atom stereocenters. The molecule has 0 unspecified atom stereocenters. The number of hydrogen-bond donors (Lipinski definition) is 0. The van der Waals surface area contributed by atoms with E-state index in [1.165, 1.54) is 18.2 Å². The molecule has 1 heterocycles. The van der Waals surface area contributed by atoms with Gasteiger partial charge in [0.05, 0.1) is 5.52 Å². The zero-order valence-corrected chi connectivity index (χ0v) is 12.2. The van der Waals surface area contributed by atoms with E-state index in [4.69, 9.17) is 11.6 Å². The number of halogens is 3. The first-order valence-electron chi connectivity index (χ1n) is 6.36. The average molecular weight is 305 g/mol. The highest BCUT2D eigenvalue weighted by Crippen LogP contribution is 2.29. The predicted molar refractivity (Wildman–Crippen MR) is 79.4 cm³/mol. The molecule has 0 amide bonds. The Balaban J connectivity index is 2.31. The van der Waals surface area contributed by atoms with Gasteiger partial charge in [0.1, 0.15) is 16.8 Å². The van der Waals surface area contributed by atoms with Crippen molar-refractivity contribution in [2.75, 3.05) is 0 Å². The second-order valence-corrected chi connectivity index (χ2v) is 5.22. The topological polar surface area (TPSA) is 25.8 Å². The SMILES string of the molecule is Cc1cc(F)ccc1-c1nc(Cl)c2ccc(F)c(C)c2n1. The van der Waals surface area contributed by atoms with Crippen LogP contribution in [0.1, 0.15) is 11.1 Å². The van der Waals surface area contributed by atoms with Crippen LogP contribution in [-0.2, 0) is 0 Å². The van der Waals surface area contributed by atoms with Crippen LogP contribution in [0.15, 0.2) is 30.3 Å². The van der Waals surface area contributed by atoms with Crippen LogP contribution in [0.3, 0.4) is 0 Å². The van der Waals surface area contributed by atoms with Crippen LogP contribution in [0.2, 0.25) is 5.15 Å². The Labute approximate surface area is 125 Å². The van der Waals surface area contributed by atoms with E-state index >= 15 is 0 Å². The molecule has 0 bridgehead atoms. The van der Waals surface area contributed by atoms with Crippen LogP contribution < -0.4 is 0 Å². The normalized spacial score (nSPS) is 11.1. The summed E-state index contributed by atoms with van der Waals surface area (Å²) in [6, 6.07) is 7.23. The Morgan fingerprint density at radius 2 is 1.76 bits per heavy atom. The molecular weight excluding hydrogens is 294 g/mol. The van der Waals surface area contributed by atoms with E-state index in [0.29, 0.717) is 33.4 Å². The van der Waals surface area contributed by atoms with Crippen molar-refractivity contribution in [3.8, 4) is 11.4 Å². The lowest BCUT2D eigenvalue weighted by Gasteiger charge is -2.09. The predicted octanol–water partition coefficient (Wildman–Crippen LogP) is 4.85. The first-order valence-corrected chi connectivity index (χ1v) is 6.74. The van der Waals surface area contributed by atoms with E-state index in [-0.39, 0.29) is 16.8 Å². The number of fused-ring (bicyclic) bond motifs is 1. The molecule has 5 heteroatoms. The molecule has 0 saturated heterocycles. The summed E-state index contributed by atoms with van der Waals surface area (Å²) in [6.45, 7) is 3.40. The summed E-state index contributed by atoms with van der Waals surface area (Å²) in [6.07, 6.45) is 0. The minimum Gasteiger partial charge on any atom is -0.227 e. The minimum absolute atomic E-state index is 0.252. The van der Waals surface area contributed by atoms with Gasteiger partial charge in [-0.3, -0.25) is 0 Å². The van der Waals surface area contributed by atoms with Gasteiger partial charge in [-0.15, -0.1) is 0 Å². The molecule has 0 radical (unpaired) electrons. The van der Waals surface area contributed by atoms with Gasteiger partial charge in [0.15, 0.2) is 5.82 Å². The second kappa shape index (κ2) is 5.04. The molecule has 3 rings (SSSR count). The molecule has 0 fully saturated rings. The van der Waals surface area contributed by atoms with Crippen molar-refractivity contribution < 1.29 is 8.78 Å². The van der Waals surface area contributed by atoms with E-state index in [1.807, 2.05) is 0 Å². The van der Waals surface area contributed by atoms with Gasteiger partial charge >= 0.3 is 0 Å². The van der Waals surface area contributed by atoms with Crippen LogP contribution in [0.4, 0.5) is 8.78 Å². The molecule has 0 aliphatic rings. The van der Waals surface area contributed by atoms with Crippen molar-refractivity contribution in [3.63, 3.8) is 0 Å². The second-order valence-electron chi connectivity index (χ2n) is 4.87. The molecule has 0 saturated carbocycles. The summed E-state index contributed by atoms with van der Waals surface area (Å²) in [5.74, 6) is -0.317. The van der Waals surface area contributed by atoms with Crippen molar-refractivity contribution in [3.05, 3.63) is 58.2 Å². The zero-order chi connectivity index (χ0) is 15.1. The van der Waals surface area contributed by atoms with E-state index in [2.05, 4.69) is 9.97 Å². The molecule has 0 aliphatic heterocycles. The van der Waals surface area contributed by atoms with Gasteiger partial charge in [-0.25, -0.2) is 18.7 Å². The van der Waals surface area contributed by atoms with Crippen LogP contribution >= 0.6 is 11.6 Å². The van der Waals surface area contributed by atoms with Gasteiger partial charge in [-0.2, -0.15) is 0 Å². The van der Waals surface area contributed by atoms with Gasteiger partial charge in [0.2, 0.25) is 0 Å². The number of benzene rings is 2. The maximum atomic E-state index is 13.7.